The van der Waals surface area contributed by atoms with E-state index in [0.717, 1.165) is 6.42 Å². The third-order valence-electron chi connectivity index (χ3n) is 6.89. The van der Waals surface area contributed by atoms with Crippen molar-refractivity contribution in [1.29, 1.82) is 0 Å². The minimum Gasteiger partial charge on any atom is -0.326 e. The number of hydrogen-bond acceptors (Lipinski definition) is 4. The standard InChI is InChI=1S/C22H22N2O4/c1-11(25)12-2-4-13(5-3-12)23-18(26)8-9-24-21(27)19-14-6-7-15(17-10-16(14)17)20(19)22(24)28/h2-7,14-17,19-20H,8-10H2,1H3,(H,23,26)/t14-,15-,16-,17+,19+,20+/m0/s1. The average molecular weight is 378 g/mol. The Kier molecular flexibility index (Phi) is 3.79. The van der Waals surface area contributed by atoms with Crippen molar-refractivity contribution in [3.05, 3.63) is 42.0 Å². The zero-order valence-electron chi connectivity index (χ0n) is 15.6. The smallest absolute Gasteiger partial charge is 0.233 e. The first-order valence-electron chi connectivity index (χ1n) is 9.90. The Morgan fingerprint density at radius 2 is 1.57 bits per heavy atom. The summed E-state index contributed by atoms with van der Waals surface area (Å²) in [5.41, 5.74) is 1.17. The first-order chi connectivity index (χ1) is 13.5. The highest BCUT2D eigenvalue weighted by Gasteiger charge is 2.66. The van der Waals surface area contributed by atoms with Crippen LogP contribution in [-0.4, -0.2) is 34.9 Å². The minimum atomic E-state index is -0.255. The topological polar surface area (TPSA) is 83.6 Å². The minimum absolute atomic E-state index is 0.0357. The van der Waals surface area contributed by atoms with Crippen LogP contribution in [0.5, 0.6) is 0 Å². The van der Waals surface area contributed by atoms with Crippen LogP contribution in [0.25, 0.3) is 0 Å². The summed E-state index contributed by atoms with van der Waals surface area (Å²) in [7, 11) is 0. The molecule has 1 N–H and O–H groups in total. The van der Waals surface area contributed by atoms with Gasteiger partial charge in [-0.15, -0.1) is 0 Å². The molecule has 4 aliphatic carbocycles. The number of ketones is 1. The van der Waals surface area contributed by atoms with Gasteiger partial charge in [-0.25, -0.2) is 0 Å². The van der Waals surface area contributed by atoms with Crippen molar-refractivity contribution in [2.24, 2.45) is 35.5 Å². The van der Waals surface area contributed by atoms with Crippen LogP contribution in [0.3, 0.4) is 0 Å². The first kappa shape index (κ1) is 17.3. The predicted octanol–water partition coefficient (Wildman–Crippen LogP) is 2.27. The van der Waals surface area contributed by atoms with E-state index < -0.39 is 0 Å². The molecule has 6 atom stereocenters. The number of allylic oxidation sites excluding steroid dienone is 2. The Hall–Kier alpha value is -2.76. The van der Waals surface area contributed by atoms with Gasteiger partial charge >= 0.3 is 0 Å². The van der Waals surface area contributed by atoms with E-state index in [1.165, 1.54) is 11.8 Å². The zero-order chi connectivity index (χ0) is 19.6. The van der Waals surface area contributed by atoms with Gasteiger partial charge in [0, 0.05) is 24.2 Å². The molecule has 3 fully saturated rings. The molecule has 3 amide bonds. The molecule has 0 unspecified atom stereocenters. The number of benzene rings is 1. The largest absolute Gasteiger partial charge is 0.326 e. The summed E-state index contributed by atoms with van der Waals surface area (Å²) in [6.07, 6.45) is 5.50. The Bertz CT molecular complexity index is 883. The molecule has 1 aromatic carbocycles. The Morgan fingerprint density at radius 3 is 2.11 bits per heavy atom. The van der Waals surface area contributed by atoms with Crippen molar-refractivity contribution >= 4 is 29.2 Å². The summed E-state index contributed by atoms with van der Waals surface area (Å²) < 4.78 is 0. The van der Waals surface area contributed by atoms with Gasteiger partial charge in [-0.05, 0) is 61.3 Å². The highest BCUT2D eigenvalue weighted by Crippen LogP contribution is 2.65. The maximum absolute atomic E-state index is 12.9. The third-order valence-corrected chi connectivity index (χ3v) is 6.89. The van der Waals surface area contributed by atoms with Crippen molar-refractivity contribution in [3.63, 3.8) is 0 Å². The SMILES string of the molecule is CC(=O)c1ccc(NC(=O)CCN2C(=O)[C@@H]3[C@H]4C=C[C@@H]([C@@H]5C[C@H]45)[C@H]3C2=O)cc1. The van der Waals surface area contributed by atoms with Crippen molar-refractivity contribution in [1.82, 2.24) is 4.90 Å². The fourth-order valence-corrected chi connectivity index (χ4v) is 5.46. The third kappa shape index (κ3) is 2.54. The Labute approximate surface area is 163 Å². The molecule has 6 rings (SSSR count). The van der Waals surface area contributed by atoms with Crippen LogP contribution in [0.4, 0.5) is 5.69 Å². The summed E-state index contributed by atoms with van der Waals surface area (Å²) in [6, 6.07) is 6.66. The van der Waals surface area contributed by atoms with E-state index in [0.29, 0.717) is 23.1 Å². The molecule has 144 valence electrons. The maximum Gasteiger partial charge on any atom is 0.233 e. The molecule has 1 aromatic rings. The van der Waals surface area contributed by atoms with E-state index in [-0.39, 0.29) is 60.1 Å². The summed E-state index contributed by atoms with van der Waals surface area (Å²) in [4.78, 5) is 50.7. The fraction of sp³-hybridized carbons (Fsp3) is 0.455. The second kappa shape index (κ2) is 6.12. The number of anilines is 1. The Balaban J connectivity index is 1.21. The van der Waals surface area contributed by atoms with E-state index in [2.05, 4.69) is 17.5 Å². The van der Waals surface area contributed by atoms with Crippen LogP contribution in [0, 0.1) is 35.5 Å². The molecular weight excluding hydrogens is 356 g/mol. The quantitative estimate of drug-likeness (QED) is 0.484. The van der Waals surface area contributed by atoms with E-state index in [4.69, 9.17) is 0 Å². The molecule has 5 aliphatic rings. The van der Waals surface area contributed by atoms with Crippen molar-refractivity contribution < 1.29 is 19.2 Å². The molecule has 6 heteroatoms. The summed E-state index contributed by atoms with van der Waals surface area (Å²) >= 11 is 0. The van der Waals surface area contributed by atoms with Gasteiger partial charge in [0.1, 0.15) is 0 Å². The maximum atomic E-state index is 12.9. The highest BCUT2D eigenvalue weighted by atomic mass is 16.2. The molecule has 1 aliphatic heterocycles. The molecule has 0 spiro atoms. The number of carbonyl (C=O) groups excluding carboxylic acids is 4. The monoisotopic (exact) mass is 378 g/mol. The van der Waals surface area contributed by atoms with Gasteiger partial charge in [0.15, 0.2) is 5.78 Å². The number of likely N-dealkylation sites (tertiary alicyclic amines) is 1. The van der Waals surface area contributed by atoms with Crippen LogP contribution in [0.2, 0.25) is 0 Å². The van der Waals surface area contributed by atoms with E-state index in [9.17, 15) is 19.2 Å². The lowest BCUT2D eigenvalue weighted by atomic mass is 9.63. The highest BCUT2D eigenvalue weighted by molar-refractivity contribution is 6.06. The summed E-state index contributed by atoms with van der Waals surface area (Å²) in [5, 5.41) is 2.76. The number of rotatable bonds is 5. The van der Waals surface area contributed by atoms with Crippen LogP contribution < -0.4 is 5.32 Å². The second-order valence-electron chi connectivity index (χ2n) is 8.41. The van der Waals surface area contributed by atoms with Gasteiger partial charge in [-0.2, -0.15) is 0 Å². The number of nitrogens with zero attached hydrogens (tertiary/aromatic N) is 1. The van der Waals surface area contributed by atoms with E-state index >= 15 is 0 Å². The summed E-state index contributed by atoms with van der Waals surface area (Å²) in [5.74, 6) is 0.647. The van der Waals surface area contributed by atoms with Gasteiger partial charge in [0.25, 0.3) is 0 Å². The van der Waals surface area contributed by atoms with Crippen LogP contribution in [0.15, 0.2) is 36.4 Å². The lowest BCUT2D eigenvalue weighted by Gasteiger charge is -2.37. The van der Waals surface area contributed by atoms with E-state index in [1.807, 2.05) is 0 Å². The van der Waals surface area contributed by atoms with Gasteiger partial charge in [0.2, 0.25) is 17.7 Å². The number of amides is 3. The van der Waals surface area contributed by atoms with Gasteiger partial charge < -0.3 is 5.32 Å². The molecule has 1 saturated heterocycles. The molecule has 28 heavy (non-hydrogen) atoms. The number of carbonyl (C=O) groups is 4. The van der Waals surface area contributed by atoms with Gasteiger partial charge in [-0.3, -0.25) is 24.1 Å². The van der Waals surface area contributed by atoms with Crippen LogP contribution in [0.1, 0.15) is 30.1 Å². The van der Waals surface area contributed by atoms with Crippen LogP contribution in [-0.2, 0) is 14.4 Å². The van der Waals surface area contributed by atoms with E-state index in [1.54, 1.807) is 24.3 Å². The Morgan fingerprint density at radius 1 is 1.00 bits per heavy atom. The first-order valence-corrected chi connectivity index (χ1v) is 9.90. The average Bonchev–Trinajstić information content (AvgIpc) is 3.46. The van der Waals surface area contributed by atoms with Crippen molar-refractivity contribution in [2.45, 2.75) is 19.8 Å². The molecule has 2 bridgehead atoms. The lowest BCUT2D eigenvalue weighted by molar-refractivity contribution is -0.140. The number of Topliss-reactive ketones (excluding diaryl/α,β-unsaturated/α-hetero) is 1. The molecule has 0 radical (unpaired) electrons. The second-order valence-corrected chi connectivity index (χ2v) is 8.41. The normalized spacial score (nSPS) is 34.2. The molecule has 2 saturated carbocycles. The number of nitrogens with one attached hydrogen (secondary N) is 1. The molecular formula is C22H22N2O4. The predicted molar refractivity (Wildman–Crippen MR) is 101 cm³/mol. The number of hydrogen-bond donors (Lipinski definition) is 1. The molecule has 6 nitrogen and oxygen atoms in total. The van der Waals surface area contributed by atoms with Crippen LogP contribution >= 0.6 is 0 Å². The van der Waals surface area contributed by atoms with Crippen molar-refractivity contribution in [3.8, 4) is 0 Å². The fourth-order valence-electron chi connectivity index (χ4n) is 5.46. The molecule has 1 heterocycles. The lowest BCUT2D eigenvalue weighted by Crippen LogP contribution is -2.40. The van der Waals surface area contributed by atoms with Crippen molar-refractivity contribution in [2.75, 3.05) is 11.9 Å². The molecule has 0 aromatic heterocycles. The van der Waals surface area contributed by atoms with Gasteiger partial charge in [-0.1, -0.05) is 12.2 Å². The summed E-state index contributed by atoms with van der Waals surface area (Å²) in [6.45, 7) is 1.61. The zero-order valence-corrected chi connectivity index (χ0v) is 15.6. The van der Waals surface area contributed by atoms with Gasteiger partial charge in [0.05, 0.1) is 11.8 Å². The number of imide groups is 1.